The van der Waals surface area contributed by atoms with Crippen LogP contribution in [0.2, 0.25) is 10.3 Å². The monoisotopic (exact) mass is 272 g/mol. The van der Waals surface area contributed by atoms with Crippen molar-refractivity contribution in [1.29, 1.82) is 0 Å². The van der Waals surface area contributed by atoms with Gasteiger partial charge < -0.3 is 5.32 Å². The lowest BCUT2D eigenvalue weighted by Crippen LogP contribution is -2.32. The first kappa shape index (κ1) is 12.7. The zero-order valence-corrected chi connectivity index (χ0v) is 11.1. The minimum Gasteiger partial charge on any atom is -0.350 e. The van der Waals surface area contributed by atoms with E-state index in [0.717, 1.165) is 12.3 Å². The molecule has 0 spiro atoms. The molecule has 1 atom stereocenters. The number of aromatic nitrogens is 1. The molecule has 1 amide bonds. The molecule has 0 radical (unpaired) electrons. The summed E-state index contributed by atoms with van der Waals surface area (Å²) in [7, 11) is 0. The molecule has 1 aliphatic carbocycles. The lowest BCUT2D eigenvalue weighted by atomic mass is 10.1. The maximum atomic E-state index is 11.9. The Labute approximate surface area is 111 Å². The van der Waals surface area contributed by atoms with Crippen LogP contribution >= 0.6 is 23.2 Å². The molecule has 1 unspecified atom stereocenters. The number of hydrogen-bond acceptors (Lipinski definition) is 2. The quantitative estimate of drug-likeness (QED) is 0.855. The smallest absolute Gasteiger partial charge is 0.251 e. The zero-order valence-electron chi connectivity index (χ0n) is 9.54. The van der Waals surface area contributed by atoms with Crippen LogP contribution in [0.3, 0.4) is 0 Å². The summed E-state index contributed by atoms with van der Waals surface area (Å²) in [5, 5.41) is 3.41. The highest BCUT2D eigenvalue weighted by atomic mass is 35.5. The first-order valence-corrected chi connectivity index (χ1v) is 6.44. The molecule has 3 nitrogen and oxygen atoms in total. The first-order chi connectivity index (χ1) is 8.04. The van der Waals surface area contributed by atoms with Gasteiger partial charge in [0.15, 0.2) is 0 Å². The van der Waals surface area contributed by atoms with Crippen LogP contribution in [-0.4, -0.2) is 16.9 Å². The summed E-state index contributed by atoms with van der Waals surface area (Å²) in [6, 6.07) is 3.22. The van der Waals surface area contributed by atoms with Gasteiger partial charge in [-0.3, -0.25) is 4.79 Å². The van der Waals surface area contributed by atoms with Gasteiger partial charge in [-0.2, -0.15) is 0 Å². The van der Waals surface area contributed by atoms with E-state index in [0.29, 0.717) is 5.56 Å². The molecular weight excluding hydrogens is 259 g/mol. The SMILES string of the molecule is CC(CC1CC1)NC(=O)c1cc(Cl)nc(Cl)c1. The molecule has 17 heavy (non-hydrogen) atoms. The third kappa shape index (κ3) is 3.86. The Morgan fingerprint density at radius 3 is 2.59 bits per heavy atom. The Bertz CT molecular complexity index is 412. The summed E-state index contributed by atoms with van der Waals surface area (Å²) < 4.78 is 0. The fraction of sp³-hybridized carbons (Fsp3) is 0.500. The fourth-order valence-electron chi connectivity index (χ4n) is 1.82. The highest BCUT2D eigenvalue weighted by Crippen LogP contribution is 2.33. The predicted octanol–water partition coefficient (Wildman–Crippen LogP) is 3.31. The molecule has 1 aromatic heterocycles. The zero-order chi connectivity index (χ0) is 12.4. The maximum absolute atomic E-state index is 11.9. The molecule has 92 valence electrons. The predicted molar refractivity (Wildman–Crippen MR) is 68.5 cm³/mol. The molecule has 0 aromatic carbocycles. The number of nitrogens with zero attached hydrogens (tertiary/aromatic N) is 1. The van der Waals surface area contributed by atoms with Crippen LogP contribution in [0.5, 0.6) is 0 Å². The molecular formula is C12H14Cl2N2O. The summed E-state index contributed by atoms with van der Waals surface area (Å²) in [6.45, 7) is 2.01. The second-order valence-electron chi connectivity index (χ2n) is 4.55. The van der Waals surface area contributed by atoms with Crippen molar-refractivity contribution in [3.63, 3.8) is 0 Å². The average molecular weight is 273 g/mol. The average Bonchev–Trinajstić information content (AvgIpc) is 2.99. The van der Waals surface area contributed by atoms with Crippen LogP contribution in [0.1, 0.15) is 36.5 Å². The van der Waals surface area contributed by atoms with Crippen molar-refractivity contribution < 1.29 is 4.79 Å². The number of carbonyl (C=O) groups is 1. The highest BCUT2D eigenvalue weighted by Gasteiger charge is 2.24. The van der Waals surface area contributed by atoms with Crippen molar-refractivity contribution in [3.05, 3.63) is 28.0 Å². The van der Waals surface area contributed by atoms with E-state index in [9.17, 15) is 4.79 Å². The third-order valence-electron chi connectivity index (χ3n) is 2.79. The van der Waals surface area contributed by atoms with E-state index >= 15 is 0 Å². The largest absolute Gasteiger partial charge is 0.350 e. The molecule has 0 aliphatic heterocycles. The highest BCUT2D eigenvalue weighted by molar-refractivity contribution is 6.33. The Morgan fingerprint density at radius 2 is 2.06 bits per heavy atom. The van der Waals surface area contributed by atoms with Gasteiger partial charge in [-0.1, -0.05) is 36.0 Å². The molecule has 1 saturated carbocycles. The number of halogens is 2. The molecule has 1 N–H and O–H groups in total. The Kier molecular flexibility index (Phi) is 3.89. The number of nitrogens with one attached hydrogen (secondary N) is 1. The van der Waals surface area contributed by atoms with Crippen LogP contribution in [0.4, 0.5) is 0 Å². The Hall–Kier alpha value is -0.800. The van der Waals surface area contributed by atoms with Gasteiger partial charge in [0, 0.05) is 11.6 Å². The van der Waals surface area contributed by atoms with Crippen molar-refractivity contribution >= 4 is 29.1 Å². The topological polar surface area (TPSA) is 42.0 Å². The number of hydrogen-bond donors (Lipinski definition) is 1. The van der Waals surface area contributed by atoms with Gasteiger partial charge >= 0.3 is 0 Å². The number of carbonyl (C=O) groups excluding carboxylic acids is 1. The van der Waals surface area contributed by atoms with Crippen LogP contribution in [-0.2, 0) is 0 Å². The standard InChI is InChI=1S/C12H14Cl2N2O/c1-7(4-8-2-3-8)15-12(17)9-5-10(13)16-11(14)6-9/h5-8H,2-4H2,1H3,(H,15,17). The normalized spacial score (nSPS) is 16.6. The lowest BCUT2D eigenvalue weighted by molar-refractivity contribution is 0.0937. The lowest BCUT2D eigenvalue weighted by Gasteiger charge is -2.13. The van der Waals surface area contributed by atoms with Gasteiger partial charge in [-0.05, 0) is 31.4 Å². The maximum Gasteiger partial charge on any atom is 0.251 e. The fourth-order valence-corrected chi connectivity index (χ4v) is 2.28. The van der Waals surface area contributed by atoms with Gasteiger partial charge in [-0.25, -0.2) is 4.98 Å². The number of amides is 1. The summed E-state index contributed by atoms with van der Waals surface area (Å²) >= 11 is 11.5. The number of pyridine rings is 1. The summed E-state index contributed by atoms with van der Waals surface area (Å²) in [6.07, 6.45) is 3.61. The van der Waals surface area contributed by atoms with Crippen LogP contribution in [0, 0.1) is 5.92 Å². The van der Waals surface area contributed by atoms with Gasteiger partial charge in [0.05, 0.1) is 0 Å². The van der Waals surface area contributed by atoms with Crippen molar-refractivity contribution in [3.8, 4) is 0 Å². The van der Waals surface area contributed by atoms with E-state index in [1.54, 1.807) is 0 Å². The van der Waals surface area contributed by atoms with Crippen molar-refractivity contribution in [1.82, 2.24) is 10.3 Å². The van der Waals surface area contributed by atoms with E-state index in [2.05, 4.69) is 10.3 Å². The van der Waals surface area contributed by atoms with E-state index in [4.69, 9.17) is 23.2 Å². The van der Waals surface area contributed by atoms with Crippen molar-refractivity contribution in [2.24, 2.45) is 5.92 Å². The minimum atomic E-state index is -0.149. The Morgan fingerprint density at radius 1 is 1.47 bits per heavy atom. The van der Waals surface area contributed by atoms with Crippen LogP contribution in [0.25, 0.3) is 0 Å². The van der Waals surface area contributed by atoms with E-state index in [1.807, 2.05) is 6.92 Å². The second-order valence-corrected chi connectivity index (χ2v) is 5.33. The van der Waals surface area contributed by atoms with Gasteiger partial charge in [0.1, 0.15) is 10.3 Å². The molecule has 0 saturated heterocycles. The van der Waals surface area contributed by atoms with Gasteiger partial charge in [0.25, 0.3) is 5.91 Å². The second kappa shape index (κ2) is 5.23. The molecule has 2 rings (SSSR count). The molecule has 5 heteroatoms. The molecule has 1 aromatic rings. The van der Waals surface area contributed by atoms with Crippen molar-refractivity contribution in [2.75, 3.05) is 0 Å². The van der Waals surface area contributed by atoms with E-state index in [-0.39, 0.29) is 22.3 Å². The summed E-state index contributed by atoms with van der Waals surface area (Å²) in [5.74, 6) is 0.638. The minimum absolute atomic E-state index is 0.149. The summed E-state index contributed by atoms with van der Waals surface area (Å²) in [4.78, 5) is 15.7. The Balaban J connectivity index is 1.97. The van der Waals surface area contributed by atoms with Crippen molar-refractivity contribution in [2.45, 2.75) is 32.2 Å². The molecule has 1 aliphatic rings. The molecule has 1 heterocycles. The molecule has 1 fully saturated rings. The van der Waals surface area contributed by atoms with E-state index < -0.39 is 0 Å². The summed E-state index contributed by atoms with van der Waals surface area (Å²) in [5.41, 5.74) is 0.456. The third-order valence-corrected chi connectivity index (χ3v) is 3.17. The number of rotatable bonds is 4. The van der Waals surface area contributed by atoms with Crippen LogP contribution < -0.4 is 5.32 Å². The molecule has 0 bridgehead atoms. The first-order valence-electron chi connectivity index (χ1n) is 5.68. The van der Waals surface area contributed by atoms with Crippen LogP contribution in [0.15, 0.2) is 12.1 Å². The van der Waals surface area contributed by atoms with Gasteiger partial charge in [0.2, 0.25) is 0 Å². The van der Waals surface area contributed by atoms with Gasteiger partial charge in [-0.15, -0.1) is 0 Å². The van der Waals surface area contributed by atoms with E-state index in [1.165, 1.54) is 25.0 Å².